The Kier molecular flexibility index (Phi) is 4.54. The molecule has 1 saturated carbocycles. The maximum atomic E-state index is 5.93. The van der Waals surface area contributed by atoms with E-state index in [4.69, 9.17) is 10.7 Å². The second kappa shape index (κ2) is 6.82. The zero-order chi connectivity index (χ0) is 17.4. The van der Waals surface area contributed by atoms with Gasteiger partial charge in [0, 0.05) is 18.5 Å². The minimum absolute atomic E-state index is 0.331. The zero-order valence-corrected chi connectivity index (χ0v) is 15.5. The van der Waals surface area contributed by atoms with E-state index >= 15 is 0 Å². The van der Waals surface area contributed by atoms with Crippen molar-refractivity contribution in [2.24, 2.45) is 5.73 Å². The van der Waals surface area contributed by atoms with E-state index in [0.717, 1.165) is 54.6 Å². The highest BCUT2D eigenvalue weighted by molar-refractivity contribution is 7.18. The minimum atomic E-state index is 0.331. The zero-order valence-electron chi connectivity index (χ0n) is 14.7. The van der Waals surface area contributed by atoms with E-state index in [1.54, 1.807) is 11.3 Å². The van der Waals surface area contributed by atoms with E-state index in [1.165, 1.54) is 4.70 Å². The Morgan fingerprint density at radius 3 is 2.76 bits per heavy atom. The Balaban J connectivity index is 1.46. The molecule has 2 heterocycles. The first kappa shape index (κ1) is 16.6. The van der Waals surface area contributed by atoms with Gasteiger partial charge in [-0.25, -0.2) is 4.98 Å². The SMILES string of the molecule is CCn1c(CN(C)Cc2nc3ccccc3s2)nnc1C1CC(N)C1. The molecule has 0 saturated heterocycles. The fourth-order valence-electron chi connectivity index (χ4n) is 3.50. The molecule has 7 heteroatoms. The van der Waals surface area contributed by atoms with Crippen LogP contribution in [0, 0.1) is 0 Å². The third-order valence-corrected chi connectivity index (χ3v) is 5.89. The van der Waals surface area contributed by atoms with Crippen LogP contribution in [0.15, 0.2) is 24.3 Å². The number of fused-ring (bicyclic) bond motifs is 1. The summed E-state index contributed by atoms with van der Waals surface area (Å²) in [4.78, 5) is 6.98. The lowest BCUT2D eigenvalue weighted by Crippen LogP contribution is -2.36. The highest BCUT2D eigenvalue weighted by atomic mass is 32.1. The molecule has 6 nitrogen and oxygen atoms in total. The van der Waals surface area contributed by atoms with Crippen molar-refractivity contribution < 1.29 is 0 Å². The number of hydrogen-bond acceptors (Lipinski definition) is 6. The van der Waals surface area contributed by atoms with E-state index in [2.05, 4.69) is 51.8 Å². The molecule has 25 heavy (non-hydrogen) atoms. The molecule has 0 radical (unpaired) electrons. The molecule has 3 aromatic rings. The minimum Gasteiger partial charge on any atom is -0.328 e. The van der Waals surface area contributed by atoms with Crippen molar-refractivity contribution in [3.63, 3.8) is 0 Å². The van der Waals surface area contributed by atoms with Crippen LogP contribution in [0.5, 0.6) is 0 Å². The second-order valence-electron chi connectivity index (χ2n) is 6.89. The summed E-state index contributed by atoms with van der Waals surface area (Å²) >= 11 is 1.76. The molecule has 0 bridgehead atoms. The molecule has 0 amide bonds. The van der Waals surface area contributed by atoms with Gasteiger partial charge >= 0.3 is 0 Å². The maximum Gasteiger partial charge on any atom is 0.147 e. The number of hydrogen-bond donors (Lipinski definition) is 1. The van der Waals surface area contributed by atoms with Crippen molar-refractivity contribution in [3.05, 3.63) is 40.9 Å². The summed E-state index contributed by atoms with van der Waals surface area (Å²) < 4.78 is 3.50. The van der Waals surface area contributed by atoms with Crippen LogP contribution < -0.4 is 5.73 Å². The molecule has 0 aliphatic heterocycles. The molecule has 2 N–H and O–H groups in total. The first-order chi connectivity index (χ1) is 12.1. The van der Waals surface area contributed by atoms with Crippen LogP contribution in [0.4, 0.5) is 0 Å². The average Bonchev–Trinajstić information content (AvgIpc) is 3.14. The Bertz CT molecular complexity index is 830. The summed E-state index contributed by atoms with van der Waals surface area (Å²) in [5, 5.41) is 10.0. The summed E-state index contributed by atoms with van der Waals surface area (Å²) in [6, 6.07) is 8.62. The Hall–Kier alpha value is -1.83. The topological polar surface area (TPSA) is 72.9 Å². The van der Waals surface area contributed by atoms with Gasteiger partial charge in [0.25, 0.3) is 0 Å². The second-order valence-corrected chi connectivity index (χ2v) is 8.01. The van der Waals surface area contributed by atoms with Crippen molar-refractivity contribution in [1.82, 2.24) is 24.6 Å². The summed E-state index contributed by atoms with van der Waals surface area (Å²) in [7, 11) is 2.11. The molecule has 1 fully saturated rings. The van der Waals surface area contributed by atoms with Crippen LogP contribution >= 0.6 is 11.3 Å². The molecule has 1 aromatic carbocycles. The summed E-state index contributed by atoms with van der Waals surface area (Å²) in [5.41, 5.74) is 7.01. The monoisotopic (exact) mass is 356 g/mol. The van der Waals surface area contributed by atoms with Crippen molar-refractivity contribution in [2.45, 2.75) is 51.4 Å². The van der Waals surface area contributed by atoms with E-state index in [1.807, 2.05) is 6.07 Å². The molecule has 0 atom stereocenters. The molecule has 4 rings (SSSR count). The van der Waals surface area contributed by atoms with E-state index < -0.39 is 0 Å². The molecule has 1 aliphatic carbocycles. The number of benzene rings is 1. The third-order valence-electron chi connectivity index (χ3n) is 4.87. The number of nitrogens with zero attached hydrogens (tertiary/aromatic N) is 5. The highest BCUT2D eigenvalue weighted by Crippen LogP contribution is 2.35. The van der Waals surface area contributed by atoms with Crippen LogP contribution in [0.3, 0.4) is 0 Å². The molecule has 0 unspecified atom stereocenters. The summed E-state index contributed by atoms with van der Waals surface area (Å²) in [5.74, 6) is 2.61. The Morgan fingerprint density at radius 1 is 1.24 bits per heavy atom. The van der Waals surface area contributed by atoms with Crippen molar-refractivity contribution in [1.29, 1.82) is 0 Å². The average molecular weight is 356 g/mol. The fourth-order valence-corrected chi connectivity index (χ4v) is 4.55. The van der Waals surface area contributed by atoms with Crippen molar-refractivity contribution in [2.75, 3.05) is 7.05 Å². The lowest BCUT2D eigenvalue weighted by atomic mass is 9.80. The third kappa shape index (κ3) is 3.31. The summed E-state index contributed by atoms with van der Waals surface area (Å²) in [6.07, 6.45) is 2.05. The fraction of sp³-hybridized carbons (Fsp3) is 0.500. The van der Waals surface area contributed by atoms with Gasteiger partial charge in [0.2, 0.25) is 0 Å². The number of nitrogens with two attached hydrogens (primary N) is 1. The summed E-state index contributed by atoms with van der Waals surface area (Å²) in [6.45, 7) is 4.65. The standard InChI is InChI=1S/C18H24N6S/c1-3-24-16(21-22-18(24)12-8-13(19)9-12)10-23(2)11-17-20-14-6-4-5-7-15(14)25-17/h4-7,12-13H,3,8-11,19H2,1-2H3. The van der Waals surface area contributed by atoms with Crippen LogP contribution in [-0.4, -0.2) is 37.7 Å². The number of rotatable bonds is 6. The van der Waals surface area contributed by atoms with Gasteiger partial charge in [-0.1, -0.05) is 12.1 Å². The predicted molar refractivity (Wildman–Crippen MR) is 100 cm³/mol. The first-order valence-electron chi connectivity index (χ1n) is 8.84. The van der Waals surface area contributed by atoms with Gasteiger partial charge in [-0.3, -0.25) is 4.90 Å². The van der Waals surface area contributed by atoms with Gasteiger partial charge in [-0.15, -0.1) is 21.5 Å². The highest BCUT2D eigenvalue weighted by Gasteiger charge is 2.32. The van der Waals surface area contributed by atoms with Gasteiger partial charge in [0.05, 0.1) is 23.3 Å². The first-order valence-corrected chi connectivity index (χ1v) is 9.66. The van der Waals surface area contributed by atoms with Gasteiger partial charge in [0.1, 0.15) is 16.7 Å². The predicted octanol–water partition coefficient (Wildman–Crippen LogP) is 2.74. The van der Waals surface area contributed by atoms with Gasteiger partial charge in [-0.05, 0) is 38.9 Å². The van der Waals surface area contributed by atoms with Gasteiger partial charge in [-0.2, -0.15) is 0 Å². The smallest absolute Gasteiger partial charge is 0.147 e. The van der Waals surface area contributed by atoms with Crippen molar-refractivity contribution in [3.8, 4) is 0 Å². The van der Waals surface area contributed by atoms with E-state index in [0.29, 0.717) is 12.0 Å². The van der Waals surface area contributed by atoms with Crippen molar-refractivity contribution >= 4 is 21.6 Å². The Labute approximate surface area is 151 Å². The molecule has 2 aromatic heterocycles. The molecular weight excluding hydrogens is 332 g/mol. The van der Waals surface area contributed by atoms with Crippen LogP contribution in [0.25, 0.3) is 10.2 Å². The number of thiazole rings is 1. The molecule has 0 spiro atoms. The normalized spacial score (nSPS) is 20.3. The lowest BCUT2D eigenvalue weighted by molar-refractivity contribution is 0.299. The maximum absolute atomic E-state index is 5.93. The van der Waals surface area contributed by atoms with Crippen LogP contribution in [0.2, 0.25) is 0 Å². The van der Waals surface area contributed by atoms with Gasteiger partial charge < -0.3 is 10.3 Å². The molecular formula is C18H24N6S. The largest absolute Gasteiger partial charge is 0.328 e. The molecule has 132 valence electrons. The quantitative estimate of drug-likeness (QED) is 0.735. The lowest BCUT2D eigenvalue weighted by Gasteiger charge is -2.31. The van der Waals surface area contributed by atoms with Crippen LogP contribution in [-0.2, 0) is 19.6 Å². The van der Waals surface area contributed by atoms with Crippen LogP contribution in [0.1, 0.15) is 42.3 Å². The molecule has 1 aliphatic rings. The number of para-hydroxylation sites is 1. The van der Waals surface area contributed by atoms with E-state index in [9.17, 15) is 0 Å². The Morgan fingerprint density at radius 2 is 2.04 bits per heavy atom. The van der Waals surface area contributed by atoms with E-state index in [-0.39, 0.29) is 0 Å². The van der Waals surface area contributed by atoms with Gasteiger partial charge in [0.15, 0.2) is 0 Å². The number of aromatic nitrogens is 4.